The number of rotatable bonds is 3. The van der Waals surface area contributed by atoms with Gasteiger partial charge >= 0.3 is 0 Å². The first-order chi connectivity index (χ1) is 8.70. The molecule has 1 saturated carbocycles. The van der Waals surface area contributed by atoms with E-state index in [1.54, 1.807) is 0 Å². The molecule has 106 valence electrons. The molecule has 4 heteroatoms. The van der Waals surface area contributed by atoms with Crippen LogP contribution in [0.1, 0.15) is 32.1 Å². The molecule has 0 aromatic heterocycles. The molecule has 2 fully saturated rings. The third-order valence-corrected chi connectivity index (χ3v) is 4.88. The molecule has 2 rings (SSSR count). The van der Waals surface area contributed by atoms with Crippen LogP contribution < -0.4 is 5.73 Å². The predicted molar refractivity (Wildman–Crippen MR) is 74.7 cm³/mol. The number of ether oxygens (including phenoxy) is 1. The monoisotopic (exact) mass is 255 g/mol. The summed E-state index contributed by atoms with van der Waals surface area (Å²) in [4.78, 5) is 5.09. The Morgan fingerprint density at radius 3 is 2.78 bits per heavy atom. The molecule has 1 aliphatic heterocycles. The van der Waals surface area contributed by atoms with Gasteiger partial charge in [-0.25, -0.2) is 0 Å². The fraction of sp³-hybridized carbons (Fsp3) is 1.00. The quantitative estimate of drug-likeness (QED) is 0.814. The van der Waals surface area contributed by atoms with E-state index in [1.165, 1.54) is 45.3 Å². The van der Waals surface area contributed by atoms with Gasteiger partial charge in [0.25, 0.3) is 0 Å². The second kappa shape index (κ2) is 6.33. The number of hydrogen-bond donors (Lipinski definition) is 1. The van der Waals surface area contributed by atoms with Crippen LogP contribution in [0.5, 0.6) is 0 Å². The lowest BCUT2D eigenvalue weighted by Crippen LogP contribution is -2.58. The summed E-state index contributed by atoms with van der Waals surface area (Å²) in [5.41, 5.74) is 6.36. The maximum atomic E-state index is 6.16. The molecule has 2 N–H and O–H groups in total. The van der Waals surface area contributed by atoms with Gasteiger partial charge in [0.1, 0.15) is 0 Å². The molecule has 0 aromatic rings. The van der Waals surface area contributed by atoms with E-state index in [9.17, 15) is 0 Å². The summed E-state index contributed by atoms with van der Waals surface area (Å²) in [6.07, 6.45) is 6.48. The summed E-state index contributed by atoms with van der Waals surface area (Å²) >= 11 is 0. The third kappa shape index (κ3) is 3.05. The van der Waals surface area contributed by atoms with Gasteiger partial charge in [0.2, 0.25) is 0 Å². The van der Waals surface area contributed by atoms with Crippen LogP contribution in [0.4, 0.5) is 0 Å². The molecule has 0 aromatic carbocycles. The number of hydrogen-bond acceptors (Lipinski definition) is 4. The van der Waals surface area contributed by atoms with Crippen LogP contribution in [0.25, 0.3) is 0 Å². The van der Waals surface area contributed by atoms with Crippen molar-refractivity contribution in [2.45, 2.75) is 43.7 Å². The summed E-state index contributed by atoms with van der Waals surface area (Å²) < 4.78 is 5.60. The van der Waals surface area contributed by atoms with Crippen LogP contribution in [-0.2, 0) is 4.74 Å². The Hall–Kier alpha value is -0.160. The SMILES string of the molecule is COC1CCCC(CN)(N2CCCN(C)CC2)C1. The lowest BCUT2D eigenvalue weighted by Gasteiger charge is -2.47. The molecule has 1 heterocycles. The second-order valence-electron chi connectivity index (χ2n) is 6.03. The van der Waals surface area contributed by atoms with Crippen molar-refractivity contribution in [1.82, 2.24) is 9.80 Å². The van der Waals surface area contributed by atoms with Crippen molar-refractivity contribution in [2.24, 2.45) is 5.73 Å². The Morgan fingerprint density at radius 1 is 1.22 bits per heavy atom. The zero-order valence-electron chi connectivity index (χ0n) is 12.0. The van der Waals surface area contributed by atoms with Crippen molar-refractivity contribution in [2.75, 3.05) is 46.9 Å². The molecule has 2 aliphatic rings. The molecule has 2 atom stereocenters. The normalized spacial score (nSPS) is 36.5. The summed E-state index contributed by atoms with van der Waals surface area (Å²) in [6, 6.07) is 0. The molecule has 1 saturated heterocycles. The van der Waals surface area contributed by atoms with E-state index in [0.29, 0.717) is 6.10 Å². The summed E-state index contributed by atoms with van der Waals surface area (Å²) in [5.74, 6) is 0. The third-order valence-electron chi connectivity index (χ3n) is 4.88. The van der Waals surface area contributed by atoms with Gasteiger partial charge < -0.3 is 15.4 Å². The van der Waals surface area contributed by atoms with E-state index in [4.69, 9.17) is 10.5 Å². The maximum absolute atomic E-state index is 6.16. The van der Waals surface area contributed by atoms with E-state index in [2.05, 4.69) is 16.8 Å². The van der Waals surface area contributed by atoms with Gasteiger partial charge in [0, 0.05) is 38.8 Å². The molecule has 0 spiro atoms. The van der Waals surface area contributed by atoms with Crippen molar-refractivity contribution in [3.63, 3.8) is 0 Å². The van der Waals surface area contributed by atoms with Crippen LogP contribution >= 0.6 is 0 Å². The van der Waals surface area contributed by atoms with Gasteiger partial charge in [-0.05, 0) is 45.7 Å². The van der Waals surface area contributed by atoms with Crippen LogP contribution in [0.15, 0.2) is 0 Å². The first-order valence-corrected chi connectivity index (χ1v) is 7.37. The van der Waals surface area contributed by atoms with Gasteiger partial charge in [-0.2, -0.15) is 0 Å². The highest BCUT2D eigenvalue weighted by Gasteiger charge is 2.40. The zero-order valence-corrected chi connectivity index (χ0v) is 12.0. The summed E-state index contributed by atoms with van der Waals surface area (Å²) in [7, 11) is 4.06. The Labute approximate surface area is 111 Å². The highest BCUT2D eigenvalue weighted by atomic mass is 16.5. The highest BCUT2D eigenvalue weighted by Crippen LogP contribution is 2.34. The van der Waals surface area contributed by atoms with Gasteiger partial charge in [-0.15, -0.1) is 0 Å². The van der Waals surface area contributed by atoms with Gasteiger partial charge in [-0.1, -0.05) is 0 Å². The van der Waals surface area contributed by atoms with Crippen LogP contribution in [0.3, 0.4) is 0 Å². The highest BCUT2D eigenvalue weighted by molar-refractivity contribution is 4.98. The van der Waals surface area contributed by atoms with E-state index in [1.807, 2.05) is 7.11 Å². The topological polar surface area (TPSA) is 41.7 Å². The Morgan fingerprint density at radius 2 is 2.06 bits per heavy atom. The smallest absolute Gasteiger partial charge is 0.0589 e. The van der Waals surface area contributed by atoms with Crippen molar-refractivity contribution in [1.29, 1.82) is 0 Å². The van der Waals surface area contributed by atoms with E-state index >= 15 is 0 Å². The number of methoxy groups -OCH3 is 1. The van der Waals surface area contributed by atoms with Gasteiger partial charge in [0.15, 0.2) is 0 Å². The van der Waals surface area contributed by atoms with E-state index in [-0.39, 0.29) is 5.54 Å². The Bertz CT molecular complexity index is 261. The molecule has 0 bridgehead atoms. The zero-order chi connectivity index (χ0) is 13.0. The second-order valence-corrected chi connectivity index (χ2v) is 6.03. The fourth-order valence-corrected chi connectivity index (χ4v) is 3.61. The van der Waals surface area contributed by atoms with Gasteiger partial charge in [0.05, 0.1) is 6.10 Å². The minimum absolute atomic E-state index is 0.199. The van der Waals surface area contributed by atoms with Crippen molar-refractivity contribution < 1.29 is 4.74 Å². The minimum atomic E-state index is 0.199. The number of nitrogens with two attached hydrogens (primary N) is 1. The van der Waals surface area contributed by atoms with Crippen LogP contribution in [0.2, 0.25) is 0 Å². The molecular formula is C14H29N3O. The average molecular weight is 255 g/mol. The Balaban J connectivity index is 2.05. The van der Waals surface area contributed by atoms with Crippen molar-refractivity contribution >= 4 is 0 Å². The van der Waals surface area contributed by atoms with Crippen molar-refractivity contribution in [3.8, 4) is 0 Å². The van der Waals surface area contributed by atoms with E-state index < -0.39 is 0 Å². The average Bonchev–Trinajstić information content (AvgIpc) is 2.64. The summed E-state index contributed by atoms with van der Waals surface area (Å²) in [6.45, 7) is 5.50. The van der Waals surface area contributed by atoms with Gasteiger partial charge in [-0.3, -0.25) is 4.90 Å². The fourth-order valence-electron chi connectivity index (χ4n) is 3.61. The van der Waals surface area contributed by atoms with Crippen molar-refractivity contribution in [3.05, 3.63) is 0 Å². The number of likely N-dealkylation sites (N-methyl/N-ethyl adjacent to an activating group) is 1. The van der Waals surface area contributed by atoms with Crippen LogP contribution in [-0.4, -0.2) is 68.3 Å². The molecule has 2 unspecified atom stereocenters. The lowest BCUT2D eigenvalue weighted by atomic mass is 9.78. The first-order valence-electron chi connectivity index (χ1n) is 7.37. The molecular weight excluding hydrogens is 226 g/mol. The lowest BCUT2D eigenvalue weighted by molar-refractivity contribution is -0.0203. The minimum Gasteiger partial charge on any atom is -0.381 e. The maximum Gasteiger partial charge on any atom is 0.0589 e. The standard InChI is InChI=1S/C14H29N3O/c1-16-7-4-8-17(10-9-16)14(12-15)6-3-5-13(11-14)18-2/h13H,3-12,15H2,1-2H3. The summed E-state index contributed by atoms with van der Waals surface area (Å²) in [5, 5.41) is 0. The molecule has 1 aliphatic carbocycles. The first kappa shape index (κ1) is 14.3. The predicted octanol–water partition coefficient (Wildman–Crippen LogP) is 0.910. The molecule has 0 amide bonds. The molecule has 4 nitrogen and oxygen atoms in total. The Kier molecular flexibility index (Phi) is 5.01. The molecule has 18 heavy (non-hydrogen) atoms. The van der Waals surface area contributed by atoms with Crippen LogP contribution in [0, 0.1) is 0 Å². The largest absolute Gasteiger partial charge is 0.381 e. The van der Waals surface area contributed by atoms with E-state index in [0.717, 1.165) is 19.5 Å². The number of nitrogens with zero attached hydrogens (tertiary/aromatic N) is 2. The molecule has 0 radical (unpaired) electrons.